The van der Waals surface area contributed by atoms with E-state index in [9.17, 15) is 4.79 Å². The van der Waals surface area contributed by atoms with Crippen molar-refractivity contribution >= 4 is 28.8 Å². The Morgan fingerprint density at radius 1 is 1.41 bits per heavy atom. The van der Waals surface area contributed by atoms with Gasteiger partial charge in [0.2, 0.25) is 5.01 Å². The highest BCUT2D eigenvalue weighted by Crippen LogP contribution is 2.19. The number of carbonyl (C=O) groups excluding carboxylic acids is 1. The van der Waals surface area contributed by atoms with Crippen LogP contribution in [0.4, 0.5) is 11.5 Å². The normalized spacial score (nSPS) is 9.94. The first-order chi connectivity index (χ1) is 8.29. The highest BCUT2D eigenvalue weighted by atomic mass is 32.1. The van der Waals surface area contributed by atoms with Gasteiger partial charge in [-0.2, -0.15) is 0 Å². The van der Waals surface area contributed by atoms with Gasteiger partial charge in [-0.25, -0.2) is 9.78 Å². The van der Waals surface area contributed by atoms with Crippen molar-refractivity contribution in [2.75, 3.05) is 11.9 Å². The summed E-state index contributed by atoms with van der Waals surface area (Å²) in [5, 5.41) is 5.27. The average molecular weight is 248 g/mol. The summed E-state index contributed by atoms with van der Waals surface area (Å²) in [6.07, 6.45) is 0. The Kier molecular flexibility index (Phi) is 3.72. The van der Waals surface area contributed by atoms with Crippen molar-refractivity contribution in [3.05, 3.63) is 40.7 Å². The fourth-order valence-electron chi connectivity index (χ4n) is 1.29. The van der Waals surface area contributed by atoms with Gasteiger partial charge in [-0.15, -0.1) is 11.3 Å². The molecule has 0 atom stereocenters. The van der Waals surface area contributed by atoms with Crippen molar-refractivity contribution in [2.24, 2.45) is 0 Å². The lowest BCUT2D eigenvalue weighted by Crippen LogP contribution is -2.04. The van der Waals surface area contributed by atoms with Gasteiger partial charge in [0, 0.05) is 11.1 Å². The van der Waals surface area contributed by atoms with Crippen LogP contribution in [0.2, 0.25) is 0 Å². The molecule has 5 heteroatoms. The van der Waals surface area contributed by atoms with Crippen LogP contribution in [0.5, 0.6) is 0 Å². The fourth-order valence-corrected chi connectivity index (χ4v) is 1.93. The number of anilines is 2. The number of aromatic nitrogens is 1. The van der Waals surface area contributed by atoms with E-state index in [4.69, 9.17) is 4.74 Å². The van der Waals surface area contributed by atoms with Crippen LogP contribution < -0.4 is 5.32 Å². The van der Waals surface area contributed by atoms with Crippen LogP contribution in [0.25, 0.3) is 0 Å². The predicted octanol–water partition coefficient (Wildman–Crippen LogP) is 3.06. The van der Waals surface area contributed by atoms with Crippen LogP contribution in [-0.4, -0.2) is 17.6 Å². The zero-order valence-corrected chi connectivity index (χ0v) is 10.2. The van der Waals surface area contributed by atoms with Gasteiger partial charge < -0.3 is 10.1 Å². The van der Waals surface area contributed by atoms with Crippen molar-refractivity contribution in [1.29, 1.82) is 0 Å². The number of nitrogens with zero attached hydrogens (tertiary/aromatic N) is 1. The second kappa shape index (κ2) is 5.45. The van der Waals surface area contributed by atoms with Crippen molar-refractivity contribution in [3.8, 4) is 0 Å². The van der Waals surface area contributed by atoms with Crippen molar-refractivity contribution in [1.82, 2.24) is 4.98 Å². The lowest BCUT2D eigenvalue weighted by Gasteiger charge is -2.01. The first kappa shape index (κ1) is 11.6. The molecule has 1 aromatic heterocycles. The van der Waals surface area contributed by atoms with Crippen LogP contribution in [0.3, 0.4) is 0 Å². The molecular formula is C12H12N2O2S. The average Bonchev–Trinajstić information content (AvgIpc) is 2.79. The molecule has 0 aliphatic heterocycles. The quantitative estimate of drug-likeness (QED) is 0.845. The standard InChI is InChI=1S/C12H12N2O2S/c1-2-16-12(15)11-14-10(8-17-11)13-9-6-4-3-5-7-9/h3-8,13H,2H2,1H3. The molecule has 0 spiro atoms. The molecule has 0 fully saturated rings. The zero-order valence-electron chi connectivity index (χ0n) is 9.34. The molecule has 17 heavy (non-hydrogen) atoms. The topological polar surface area (TPSA) is 51.2 Å². The molecule has 0 bridgehead atoms. The summed E-state index contributed by atoms with van der Waals surface area (Å²) < 4.78 is 4.87. The second-order valence-corrected chi connectivity index (χ2v) is 4.11. The summed E-state index contributed by atoms with van der Waals surface area (Å²) in [7, 11) is 0. The Hall–Kier alpha value is -1.88. The molecule has 0 saturated carbocycles. The minimum Gasteiger partial charge on any atom is -0.461 e. The maximum absolute atomic E-state index is 11.4. The molecule has 2 aromatic rings. The van der Waals surface area contributed by atoms with Crippen LogP contribution in [0.1, 0.15) is 16.7 Å². The molecule has 1 aromatic carbocycles. The number of carbonyl (C=O) groups is 1. The summed E-state index contributed by atoms with van der Waals surface area (Å²) in [4.78, 5) is 15.6. The fraction of sp³-hybridized carbons (Fsp3) is 0.167. The predicted molar refractivity (Wildman–Crippen MR) is 67.8 cm³/mol. The van der Waals surface area contributed by atoms with Crippen LogP contribution in [0, 0.1) is 0 Å². The Bertz CT molecular complexity index is 496. The maximum Gasteiger partial charge on any atom is 0.367 e. The number of rotatable bonds is 4. The van der Waals surface area contributed by atoms with Gasteiger partial charge in [-0.1, -0.05) is 18.2 Å². The van der Waals surface area contributed by atoms with E-state index in [1.807, 2.05) is 30.3 Å². The first-order valence-electron chi connectivity index (χ1n) is 5.24. The monoisotopic (exact) mass is 248 g/mol. The largest absolute Gasteiger partial charge is 0.461 e. The Morgan fingerprint density at radius 2 is 2.18 bits per heavy atom. The van der Waals surface area contributed by atoms with E-state index in [1.165, 1.54) is 11.3 Å². The molecule has 4 nitrogen and oxygen atoms in total. The van der Waals surface area contributed by atoms with Gasteiger partial charge in [0.05, 0.1) is 6.61 Å². The van der Waals surface area contributed by atoms with Crippen molar-refractivity contribution in [2.45, 2.75) is 6.92 Å². The molecule has 0 aliphatic carbocycles. The molecule has 2 rings (SSSR count). The third-order valence-electron chi connectivity index (χ3n) is 2.00. The highest BCUT2D eigenvalue weighted by molar-refractivity contribution is 7.12. The summed E-state index contributed by atoms with van der Waals surface area (Å²) in [5.41, 5.74) is 0.938. The van der Waals surface area contributed by atoms with Gasteiger partial charge in [0.1, 0.15) is 5.82 Å². The van der Waals surface area contributed by atoms with Crippen molar-refractivity contribution in [3.63, 3.8) is 0 Å². The Labute approximate surface area is 103 Å². The van der Waals surface area contributed by atoms with E-state index in [2.05, 4.69) is 10.3 Å². The first-order valence-corrected chi connectivity index (χ1v) is 6.12. The summed E-state index contributed by atoms with van der Waals surface area (Å²) >= 11 is 1.27. The molecule has 0 aliphatic rings. The number of thiazole rings is 1. The zero-order chi connectivity index (χ0) is 12.1. The van der Waals surface area contributed by atoms with Crippen molar-refractivity contribution < 1.29 is 9.53 Å². The number of esters is 1. The minimum absolute atomic E-state index is 0.361. The highest BCUT2D eigenvalue weighted by Gasteiger charge is 2.11. The van der Waals surface area contributed by atoms with E-state index in [0.717, 1.165) is 5.69 Å². The third kappa shape index (κ3) is 3.04. The molecule has 1 heterocycles. The third-order valence-corrected chi connectivity index (χ3v) is 2.82. The number of hydrogen-bond acceptors (Lipinski definition) is 5. The van der Waals surface area contributed by atoms with Gasteiger partial charge >= 0.3 is 5.97 Å². The van der Waals surface area contributed by atoms with E-state index in [0.29, 0.717) is 17.4 Å². The number of hydrogen-bond donors (Lipinski definition) is 1. The lowest BCUT2D eigenvalue weighted by molar-refractivity contribution is 0.0526. The maximum atomic E-state index is 11.4. The van der Waals surface area contributed by atoms with Gasteiger partial charge in [-0.3, -0.25) is 0 Å². The second-order valence-electron chi connectivity index (χ2n) is 3.25. The molecule has 0 saturated heterocycles. The van der Waals surface area contributed by atoms with Crippen LogP contribution >= 0.6 is 11.3 Å². The van der Waals surface area contributed by atoms with Gasteiger partial charge in [-0.05, 0) is 19.1 Å². The molecule has 88 valence electrons. The minimum atomic E-state index is -0.376. The molecular weight excluding hydrogens is 236 g/mol. The number of benzene rings is 1. The summed E-state index contributed by atoms with van der Waals surface area (Å²) in [5.74, 6) is 0.280. The Balaban J connectivity index is 2.06. The van der Waals surface area contributed by atoms with Crippen LogP contribution in [0.15, 0.2) is 35.7 Å². The van der Waals surface area contributed by atoms with Gasteiger partial charge in [0.25, 0.3) is 0 Å². The van der Waals surface area contributed by atoms with E-state index in [-0.39, 0.29) is 5.97 Å². The number of nitrogens with one attached hydrogen (secondary N) is 1. The molecule has 1 N–H and O–H groups in total. The SMILES string of the molecule is CCOC(=O)c1nc(Nc2ccccc2)cs1. The number of para-hydroxylation sites is 1. The van der Waals surface area contributed by atoms with Gasteiger partial charge in [0.15, 0.2) is 0 Å². The molecule has 0 amide bonds. The van der Waals surface area contributed by atoms with E-state index >= 15 is 0 Å². The molecule has 0 unspecified atom stereocenters. The number of ether oxygens (including phenoxy) is 1. The molecule has 0 radical (unpaired) electrons. The lowest BCUT2D eigenvalue weighted by atomic mass is 10.3. The smallest absolute Gasteiger partial charge is 0.367 e. The van der Waals surface area contributed by atoms with E-state index < -0.39 is 0 Å². The summed E-state index contributed by atoms with van der Waals surface area (Å²) in [6, 6.07) is 9.67. The van der Waals surface area contributed by atoms with Crippen LogP contribution in [-0.2, 0) is 4.74 Å². The Morgan fingerprint density at radius 3 is 2.88 bits per heavy atom. The summed E-state index contributed by atoms with van der Waals surface area (Å²) in [6.45, 7) is 2.13. The van der Waals surface area contributed by atoms with E-state index in [1.54, 1.807) is 12.3 Å².